The van der Waals surface area contributed by atoms with Gasteiger partial charge in [-0.25, -0.2) is 0 Å². The highest BCUT2D eigenvalue weighted by atomic mass is 35.5. The van der Waals surface area contributed by atoms with Gasteiger partial charge in [0.15, 0.2) is 0 Å². The number of hydrogen-bond donors (Lipinski definition) is 0. The molecular formula is C21H29ClN2O. The van der Waals surface area contributed by atoms with Gasteiger partial charge in [0.05, 0.1) is 6.54 Å². The van der Waals surface area contributed by atoms with E-state index in [1.807, 2.05) is 11.0 Å². The van der Waals surface area contributed by atoms with Gasteiger partial charge in [0.1, 0.15) is 5.38 Å². The number of carbonyl (C=O) groups excluding carboxylic acids is 1. The molecular weight excluding hydrogens is 332 g/mol. The van der Waals surface area contributed by atoms with E-state index in [2.05, 4.69) is 68.8 Å². The molecule has 0 saturated heterocycles. The lowest BCUT2D eigenvalue weighted by Gasteiger charge is -2.33. The van der Waals surface area contributed by atoms with Crippen molar-refractivity contribution in [1.82, 2.24) is 9.47 Å². The molecule has 2 rings (SSSR count). The first-order valence-corrected chi connectivity index (χ1v) is 9.37. The first-order valence-electron chi connectivity index (χ1n) is 8.93. The molecule has 0 bridgehead atoms. The van der Waals surface area contributed by atoms with Crippen molar-refractivity contribution in [1.29, 1.82) is 0 Å². The molecule has 1 heterocycles. The van der Waals surface area contributed by atoms with Crippen LogP contribution in [-0.2, 0) is 17.9 Å². The van der Waals surface area contributed by atoms with Crippen LogP contribution in [0.1, 0.15) is 44.5 Å². The second-order valence-electron chi connectivity index (χ2n) is 7.18. The maximum Gasteiger partial charge on any atom is 0.240 e. The van der Waals surface area contributed by atoms with Crippen molar-refractivity contribution in [2.75, 3.05) is 0 Å². The number of rotatable bonds is 7. The zero-order valence-electron chi connectivity index (χ0n) is 15.9. The van der Waals surface area contributed by atoms with Crippen LogP contribution in [0.5, 0.6) is 0 Å². The molecule has 4 heteroatoms. The fraction of sp³-hybridized carbons (Fsp3) is 0.476. The number of alkyl halides is 1. The van der Waals surface area contributed by atoms with E-state index in [1.165, 1.54) is 11.1 Å². The first-order chi connectivity index (χ1) is 11.8. The molecule has 1 aromatic carbocycles. The van der Waals surface area contributed by atoms with Crippen LogP contribution in [0.4, 0.5) is 0 Å². The van der Waals surface area contributed by atoms with Crippen molar-refractivity contribution in [3.63, 3.8) is 0 Å². The molecule has 0 radical (unpaired) electrons. The minimum atomic E-state index is -0.513. The number of aromatic nitrogens is 1. The highest BCUT2D eigenvalue weighted by Crippen LogP contribution is 2.19. The summed E-state index contributed by atoms with van der Waals surface area (Å²) in [6, 6.07) is 12.8. The molecule has 0 aliphatic rings. The molecule has 3 nitrogen and oxygen atoms in total. The number of halogens is 1. The van der Waals surface area contributed by atoms with Crippen molar-refractivity contribution >= 4 is 17.5 Å². The zero-order chi connectivity index (χ0) is 18.6. The third-order valence-electron chi connectivity index (χ3n) is 4.77. The quantitative estimate of drug-likeness (QED) is 0.648. The summed E-state index contributed by atoms with van der Waals surface area (Å²) >= 11 is 6.10. The molecule has 2 aromatic rings. The van der Waals surface area contributed by atoms with Crippen LogP contribution >= 0.6 is 11.6 Å². The van der Waals surface area contributed by atoms with Gasteiger partial charge < -0.3 is 9.47 Å². The summed E-state index contributed by atoms with van der Waals surface area (Å²) in [6.07, 6.45) is 2.07. The van der Waals surface area contributed by atoms with E-state index >= 15 is 0 Å². The Labute approximate surface area is 156 Å². The Kier molecular flexibility index (Phi) is 6.71. The molecule has 2 atom stereocenters. The minimum Gasteiger partial charge on any atom is -0.345 e. The van der Waals surface area contributed by atoms with Crippen LogP contribution in [0.15, 0.2) is 42.6 Å². The van der Waals surface area contributed by atoms with Gasteiger partial charge in [-0.15, -0.1) is 11.6 Å². The Balaban J connectivity index is 2.23. The SMILES string of the molecule is Cc1cccc(Cn2cccc2CN(C(=O)[C@H](C)Cl)[C@H](C)C(C)C)c1. The molecule has 1 aromatic heterocycles. The molecule has 0 aliphatic carbocycles. The summed E-state index contributed by atoms with van der Waals surface area (Å²) in [6.45, 7) is 11.6. The van der Waals surface area contributed by atoms with Gasteiger partial charge in [-0.2, -0.15) is 0 Å². The summed E-state index contributed by atoms with van der Waals surface area (Å²) in [5.74, 6) is 0.366. The number of benzene rings is 1. The van der Waals surface area contributed by atoms with E-state index in [-0.39, 0.29) is 11.9 Å². The fourth-order valence-electron chi connectivity index (χ4n) is 2.94. The predicted molar refractivity (Wildman–Crippen MR) is 105 cm³/mol. The van der Waals surface area contributed by atoms with E-state index in [9.17, 15) is 4.79 Å². The molecule has 0 spiro atoms. The lowest BCUT2D eigenvalue weighted by Crippen LogP contribution is -2.44. The van der Waals surface area contributed by atoms with Gasteiger partial charge in [0.25, 0.3) is 0 Å². The number of aryl methyl sites for hydroxylation is 1. The van der Waals surface area contributed by atoms with Gasteiger partial charge in [-0.3, -0.25) is 4.79 Å². The molecule has 1 amide bonds. The largest absolute Gasteiger partial charge is 0.345 e. The summed E-state index contributed by atoms with van der Waals surface area (Å²) in [5.41, 5.74) is 3.64. The average Bonchev–Trinajstić information content (AvgIpc) is 2.98. The fourth-order valence-corrected chi connectivity index (χ4v) is 3.07. The Morgan fingerprint density at radius 2 is 1.88 bits per heavy atom. The lowest BCUT2D eigenvalue weighted by molar-refractivity contribution is -0.134. The van der Waals surface area contributed by atoms with Crippen molar-refractivity contribution in [3.05, 3.63) is 59.4 Å². The van der Waals surface area contributed by atoms with Gasteiger partial charge in [-0.05, 0) is 44.4 Å². The molecule has 0 aliphatic heterocycles. The second-order valence-corrected chi connectivity index (χ2v) is 7.84. The minimum absolute atomic E-state index is 0.00817. The van der Waals surface area contributed by atoms with Gasteiger partial charge in [-0.1, -0.05) is 43.7 Å². The maximum absolute atomic E-state index is 12.6. The molecule has 0 unspecified atom stereocenters. The van der Waals surface area contributed by atoms with E-state index < -0.39 is 5.38 Å². The number of hydrogen-bond acceptors (Lipinski definition) is 1. The smallest absolute Gasteiger partial charge is 0.240 e. The third kappa shape index (κ3) is 5.12. The molecule has 25 heavy (non-hydrogen) atoms. The van der Waals surface area contributed by atoms with E-state index in [0.717, 1.165) is 12.2 Å². The Bertz CT molecular complexity index is 705. The Morgan fingerprint density at radius 3 is 2.48 bits per heavy atom. The highest BCUT2D eigenvalue weighted by Gasteiger charge is 2.26. The topological polar surface area (TPSA) is 25.2 Å². The van der Waals surface area contributed by atoms with Gasteiger partial charge >= 0.3 is 0 Å². The van der Waals surface area contributed by atoms with Crippen molar-refractivity contribution < 1.29 is 4.79 Å². The highest BCUT2D eigenvalue weighted by molar-refractivity contribution is 6.30. The van der Waals surface area contributed by atoms with Crippen LogP contribution in [-0.4, -0.2) is 26.8 Å². The van der Waals surface area contributed by atoms with Crippen LogP contribution in [0.3, 0.4) is 0 Å². The maximum atomic E-state index is 12.6. The number of nitrogens with zero attached hydrogens (tertiary/aromatic N) is 2. The number of carbonyl (C=O) groups is 1. The standard InChI is InChI=1S/C21H29ClN2O/c1-15(2)18(5)24(21(25)17(4)22)14-20-10-7-11-23(20)13-19-9-6-8-16(3)12-19/h6-12,15,17-18H,13-14H2,1-5H3/t17-,18+/m0/s1. The van der Waals surface area contributed by atoms with Gasteiger partial charge in [0.2, 0.25) is 5.91 Å². The second kappa shape index (κ2) is 8.57. The third-order valence-corrected chi connectivity index (χ3v) is 4.96. The molecule has 0 fully saturated rings. The first kappa shape index (κ1) is 19.6. The van der Waals surface area contributed by atoms with E-state index in [0.29, 0.717) is 12.5 Å². The van der Waals surface area contributed by atoms with Crippen LogP contribution in [0, 0.1) is 12.8 Å². The molecule has 0 saturated carbocycles. The van der Waals surface area contributed by atoms with Crippen LogP contribution < -0.4 is 0 Å². The van der Waals surface area contributed by atoms with Gasteiger partial charge in [0, 0.05) is 24.5 Å². The summed E-state index contributed by atoms with van der Waals surface area (Å²) in [7, 11) is 0. The van der Waals surface area contributed by atoms with Crippen LogP contribution in [0.2, 0.25) is 0 Å². The van der Waals surface area contributed by atoms with Crippen molar-refractivity contribution in [2.24, 2.45) is 5.92 Å². The Morgan fingerprint density at radius 1 is 1.16 bits per heavy atom. The summed E-state index contributed by atoms with van der Waals surface area (Å²) in [4.78, 5) is 14.5. The van der Waals surface area contributed by atoms with Crippen molar-refractivity contribution in [3.8, 4) is 0 Å². The van der Waals surface area contributed by atoms with Crippen LogP contribution in [0.25, 0.3) is 0 Å². The number of amides is 1. The van der Waals surface area contributed by atoms with E-state index in [4.69, 9.17) is 11.6 Å². The normalized spacial score (nSPS) is 13.7. The monoisotopic (exact) mass is 360 g/mol. The average molecular weight is 361 g/mol. The summed E-state index contributed by atoms with van der Waals surface area (Å²) < 4.78 is 2.21. The molecule has 136 valence electrons. The van der Waals surface area contributed by atoms with Crippen molar-refractivity contribution in [2.45, 2.75) is 59.1 Å². The summed E-state index contributed by atoms with van der Waals surface area (Å²) in [5, 5.41) is -0.513. The Hall–Kier alpha value is -1.74. The zero-order valence-corrected chi connectivity index (χ0v) is 16.6. The lowest BCUT2D eigenvalue weighted by atomic mass is 10.0. The molecule has 0 N–H and O–H groups in total. The van der Waals surface area contributed by atoms with E-state index in [1.54, 1.807) is 6.92 Å². The predicted octanol–water partition coefficient (Wildman–Crippen LogP) is 4.85.